The number of hydrogen-bond donors (Lipinski definition) is 2. The van der Waals surface area contributed by atoms with E-state index in [-0.39, 0.29) is 35.9 Å². The predicted molar refractivity (Wildman–Crippen MR) is 112 cm³/mol. The Bertz CT molecular complexity index is 969. The standard InChI is InChI=1S/C19H24N4O3S.ClH/c20-16-4-2-1-3-13(16)7-8-19(24)21-18-11-17(14-5-6-14)22-23(18)15-9-10-27(25,26)12-15;/h1-4,11,14-15H,5-10,12,20H2,(H,21,24);1H. The molecule has 0 spiro atoms. The number of nitrogens with one attached hydrogen (secondary N) is 1. The van der Waals surface area contributed by atoms with E-state index in [9.17, 15) is 13.2 Å². The summed E-state index contributed by atoms with van der Waals surface area (Å²) < 4.78 is 25.4. The normalized spacial score (nSPS) is 20.5. The summed E-state index contributed by atoms with van der Waals surface area (Å²) in [7, 11) is -3.02. The van der Waals surface area contributed by atoms with Crippen molar-refractivity contribution in [1.82, 2.24) is 9.78 Å². The number of benzene rings is 1. The third kappa shape index (κ3) is 4.67. The monoisotopic (exact) mass is 424 g/mol. The van der Waals surface area contributed by atoms with Gasteiger partial charge in [-0.2, -0.15) is 5.10 Å². The van der Waals surface area contributed by atoms with E-state index in [0.29, 0.717) is 36.7 Å². The van der Waals surface area contributed by atoms with Gasteiger partial charge >= 0.3 is 0 Å². The molecule has 1 unspecified atom stereocenters. The van der Waals surface area contributed by atoms with Gasteiger partial charge in [0, 0.05) is 24.1 Å². The quantitative estimate of drug-likeness (QED) is 0.693. The van der Waals surface area contributed by atoms with Gasteiger partial charge in [-0.3, -0.25) is 4.79 Å². The molecule has 2 fully saturated rings. The fourth-order valence-corrected chi connectivity index (χ4v) is 5.24. The van der Waals surface area contributed by atoms with Gasteiger partial charge in [0.25, 0.3) is 0 Å². The van der Waals surface area contributed by atoms with Crippen LogP contribution in [0.4, 0.5) is 11.5 Å². The van der Waals surface area contributed by atoms with Crippen molar-refractivity contribution in [3.05, 3.63) is 41.6 Å². The van der Waals surface area contributed by atoms with Crippen LogP contribution in [-0.4, -0.2) is 35.6 Å². The Kier molecular flexibility index (Phi) is 6.00. The highest BCUT2D eigenvalue weighted by atomic mass is 35.5. The lowest BCUT2D eigenvalue weighted by atomic mass is 10.1. The molecule has 28 heavy (non-hydrogen) atoms. The zero-order valence-corrected chi connectivity index (χ0v) is 17.1. The molecule has 1 aromatic heterocycles. The fourth-order valence-electron chi connectivity index (χ4n) is 3.55. The Balaban J connectivity index is 0.00000225. The second-order valence-corrected chi connectivity index (χ2v) is 9.71. The van der Waals surface area contributed by atoms with Crippen molar-refractivity contribution < 1.29 is 13.2 Å². The molecule has 0 bridgehead atoms. The van der Waals surface area contributed by atoms with Crippen molar-refractivity contribution in [2.45, 2.75) is 44.1 Å². The number of carbonyl (C=O) groups excluding carboxylic acids is 1. The highest BCUT2D eigenvalue weighted by Crippen LogP contribution is 2.41. The van der Waals surface area contributed by atoms with Crippen molar-refractivity contribution in [3.8, 4) is 0 Å². The van der Waals surface area contributed by atoms with E-state index in [1.807, 2.05) is 30.3 Å². The van der Waals surface area contributed by atoms with Crippen LogP contribution in [0.2, 0.25) is 0 Å². The molecule has 4 rings (SSSR count). The molecule has 152 valence electrons. The van der Waals surface area contributed by atoms with Gasteiger partial charge in [-0.15, -0.1) is 12.4 Å². The smallest absolute Gasteiger partial charge is 0.225 e. The summed E-state index contributed by atoms with van der Waals surface area (Å²) in [5, 5.41) is 7.56. The number of rotatable bonds is 6. The fraction of sp³-hybridized carbons (Fsp3) is 0.474. The lowest BCUT2D eigenvalue weighted by molar-refractivity contribution is -0.116. The van der Waals surface area contributed by atoms with Crippen LogP contribution >= 0.6 is 12.4 Å². The van der Waals surface area contributed by atoms with Crippen LogP contribution in [0.25, 0.3) is 0 Å². The highest BCUT2D eigenvalue weighted by Gasteiger charge is 2.34. The molecule has 1 aliphatic heterocycles. The molecule has 2 aromatic rings. The van der Waals surface area contributed by atoms with Crippen molar-refractivity contribution in [3.63, 3.8) is 0 Å². The molecular weight excluding hydrogens is 400 g/mol. The third-order valence-corrected chi connectivity index (χ3v) is 7.00. The molecule has 1 aliphatic carbocycles. The van der Waals surface area contributed by atoms with E-state index < -0.39 is 9.84 Å². The minimum Gasteiger partial charge on any atom is -0.399 e. The number of amides is 1. The van der Waals surface area contributed by atoms with Gasteiger partial charge in [0.2, 0.25) is 5.91 Å². The largest absolute Gasteiger partial charge is 0.399 e. The third-order valence-electron chi connectivity index (χ3n) is 5.25. The van der Waals surface area contributed by atoms with Crippen LogP contribution < -0.4 is 11.1 Å². The first kappa shape index (κ1) is 20.7. The van der Waals surface area contributed by atoms with Gasteiger partial charge in [-0.25, -0.2) is 13.1 Å². The lowest BCUT2D eigenvalue weighted by Gasteiger charge is -2.14. The van der Waals surface area contributed by atoms with Gasteiger partial charge in [0.1, 0.15) is 5.82 Å². The summed E-state index contributed by atoms with van der Waals surface area (Å²) >= 11 is 0. The molecule has 1 saturated heterocycles. The number of anilines is 2. The molecule has 7 nitrogen and oxygen atoms in total. The molecule has 1 atom stereocenters. The van der Waals surface area contributed by atoms with Crippen molar-refractivity contribution >= 4 is 39.7 Å². The topological polar surface area (TPSA) is 107 Å². The summed E-state index contributed by atoms with van der Waals surface area (Å²) in [6.45, 7) is 0. The number of nitrogen functional groups attached to an aromatic ring is 1. The number of aromatic nitrogens is 2. The molecular formula is C19H25ClN4O3S. The van der Waals surface area contributed by atoms with E-state index in [1.165, 1.54) is 0 Å². The number of hydrogen-bond acceptors (Lipinski definition) is 5. The Morgan fingerprint density at radius 2 is 2.00 bits per heavy atom. The molecule has 2 heterocycles. The van der Waals surface area contributed by atoms with Crippen LogP contribution in [0.1, 0.15) is 48.9 Å². The van der Waals surface area contributed by atoms with E-state index in [1.54, 1.807) is 4.68 Å². The number of nitrogens with zero attached hydrogens (tertiary/aromatic N) is 2. The summed E-state index contributed by atoms with van der Waals surface area (Å²) in [6, 6.07) is 9.21. The van der Waals surface area contributed by atoms with E-state index in [2.05, 4.69) is 10.4 Å². The minimum absolute atomic E-state index is 0. The Morgan fingerprint density at radius 3 is 2.64 bits per heavy atom. The lowest BCUT2D eigenvalue weighted by Crippen LogP contribution is -2.19. The van der Waals surface area contributed by atoms with Gasteiger partial charge in [0.05, 0.1) is 23.2 Å². The predicted octanol–water partition coefficient (Wildman–Crippen LogP) is 2.70. The van der Waals surface area contributed by atoms with E-state index in [0.717, 1.165) is 24.1 Å². The number of halogens is 1. The average Bonchev–Trinajstić information content (AvgIpc) is 3.30. The first-order valence-electron chi connectivity index (χ1n) is 9.34. The number of aryl methyl sites for hydroxylation is 1. The Labute approximate surface area is 171 Å². The average molecular weight is 425 g/mol. The molecule has 1 aromatic carbocycles. The Morgan fingerprint density at radius 1 is 1.25 bits per heavy atom. The van der Waals surface area contributed by atoms with E-state index >= 15 is 0 Å². The number of nitrogens with two attached hydrogens (primary N) is 1. The second kappa shape index (κ2) is 8.13. The first-order valence-corrected chi connectivity index (χ1v) is 11.2. The van der Waals surface area contributed by atoms with Crippen LogP contribution in [0.5, 0.6) is 0 Å². The maximum absolute atomic E-state index is 12.5. The van der Waals surface area contributed by atoms with Gasteiger partial charge < -0.3 is 11.1 Å². The van der Waals surface area contributed by atoms with Gasteiger partial charge in [-0.05, 0) is 37.3 Å². The van der Waals surface area contributed by atoms with Crippen molar-refractivity contribution in [2.75, 3.05) is 22.6 Å². The molecule has 0 radical (unpaired) electrons. The SMILES string of the molecule is Cl.Nc1ccccc1CCC(=O)Nc1cc(C2CC2)nn1C1CCS(=O)(=O)C1. The first-order chi connectivity index (χ1) is 12.9. The van der Waals surface area contributed by atoms with Gasteiger partial charge in [-0.1, -0.05) is 18.2 Å². The maximum Gasteiger partial charge on any atom is 0.225 e. The Hall–Kier alpha value is -2.06. The summed E-state index contributed by atoms with van der Waals surface area (Å²) in [6.07, 6.45) is 3.60. The zero-order valence-electron chi connectivity index (χ0n) is 15.5. The van der Waals surface area contributed by atoms with Crippen LogP contribution in [-0.2, 0) is 21.1 Å². The highest BCUT2D eigenvalue weighted by molar-refractivity contribution is 7.91. The number of para-hydroxylation sites is 1. The second-order valence-electron chi connectivity index (χ2n) is 7.48. The minimum atomic E-state index is -3.02. The zero-order chi connectivity index (χ0) is 19.0. The summed E-state index contributed by atoms with van der Waals surface area (Å²) in [4.78, 5) is 12.5. The molecule has 1 amide bonds. The summed E-state index contributed by atoms with van der Waals surface area (Å²) in [5.41, 5.74) is 8.51. The number of sulfone groups is 1. The molecule has 2 aliphatic rings. The maximum atomic E-state index is 12.5. The van der Waals surface area contributed by atoms with E-state index in [4.69, 9.17) is 5.73 Å². The summed E-state index contributed by atoms with van der Waals surface area (Å²) in [5.74, 6) is 1.18. The van der Waals surface area contributed by atoms with Crippen LogP contribution in [0.3, 0.4) is 0 Å². The van der Waals surface area contributed by atoms with Crippen LogP contribution in [0.15, 0.2) is 30.3 Å². The van der Waals surface area contributed by atoms with Crippen LogP contribution in [0, 0.1) is 0 Å². The van der Waals surface area contributed by atoms with Gasteiger partial charge in [0.15, 0.2) is 9.84 Å². The molecule has 3 N–H and O–H groups in total. The number of carbonyl (C=O) groups is 1. The van der Waals surface area contributed by atoms with Crippen molar-refractivity contribution in [2.24, 2.45) is 0 Å². The van der Waals surface area contributed by atoms with Crippen molar-refractivity contribution in [1.29, 1.82) is 0 Å². The molecule has 9 heteroatoms. The molecule has 1 saturated carbocycles.